The van der Waals surface area contributed by atoms with Crippen LogP contribution in [-0.4, -0.2) is 34.6 Å². The average Bonchev–Trinajstić information content (AvgIpc) is 3.33. The standard InChI is InChI=1S/C26H20FN3O4/c27-17-13-11-16(12-14-17)24(32)30-21(15-7-3-1-4-8-15)19-20(22(30)23(28)31)26(34)29(25(19)33)18-9-5-2-6-10-18/h1-14,19-22H,(H2,28,31). The third kappa shape index (κ3) is 3.26. The van der Waals surface area contributed by atoms with Crippen LogP contribution in [0.3, 0.4) is 0 Å². The lowest BCUT2D eigenvalue weighted by molar-refractivity contribution is -0.129. The Labute approximate surface area is 194 Å². The van der Waals surface area contributed by atoms with Crippen molar-refractivity contribution in [2.24, 2.45) is 17.6 Å². The lowest BCUT2D eigenvalue weighted by Crippen LogP contribution is -2.50. The fourth-order valence-electron chi connectivity index (χ4n) is 5.05. The molecule has 4 atom stereocenters. The lowest BCUT2D eigenvalue weighted by atomic mass is 9.86. The Bertz CT molecular complexity index is 1280. The SMILES string of the molecule is NC(=O)C1C2C(=O)N(c3ccccc3)C(=O)C2C(c2ccccc2)N1C(=O)c1ccc(F)cc1. The summed E-state index contributed by atoms with van der Waals surface area (Å²) in [4.78, 5) is 55.8. The van der Waals surface area contributed by atoms with Gasteiger partial charge in [-0.05, 0) is 42.0 Å². The minimum atomic E-state index is -1.35. The van der Waals surface area contributed by atoms with Gasteiger partial charge in [-0.3, -0.25) is 19.2 Å². The molecule has 34 heavy (non-hydrogen) atoms. The van der Waals surface area contributed by atoms with Gasteiger partial charge in [-0.2, -0.15) is 0 Å². The Morgan fingerprint density at radius 2 is 1.32 bits per heavy atom. The minimum absolute atomic E-state index is 0.119. The van der Waals surface area contributed by atoms with Crippen LogP contribution in [0.4, 0.5) is 10.1 Å². The highest BCUT2D eigenvalue weighted by atomic mass is 19.1. The molecule has 0 spiro atoms. The first-order valence-corrected chi connectivity index (χ1v) is 10.8. The molecular formula is C26H20FN3O4. The van der Waals surface area contributed by atoms with Gasteiger partial charge in [0.2, 0.25) is 17.7 Å². The maximum Gasteiger partial charge on any atom is 0.255 e. The van der Waals surface area contributed by atoms with Crippen LogP contribution in [0, 0.1) is 17.7 Å². The summed E-state index contributed by atoms with van der Waals surface area (Å²) in [5.41, 5.74) is 6.84. The molecule has 0 aromatic heterocycles. The minimum Gasteiger partial charge on any atom is -0.368 e. The van der Waals surface area contributed by atoms with Crippen LogP contribution in [0.25, 0.3) is 0 Å². The van der Waals surface area contributed by atoms with Crippen molar-refractivity contribution < 1.29 is 23.6 Å². The van der Waals surface area contributed by atoms with Gasteiger partial charge < -0.3 is 10.6 Å². The Hall–Kier alpha value is -4.33. The molecule has 3 aromatic carbocycles. The molecule has 7 nitrogen and oxygen atoms in total. The van der Waals surface area contributed by atoms with E-state index in [2.05, 4.69) is 0 Å². The number of benzene rings is 3. The first-order chi connectivity index (χ1) is 16.4. The predicted octanol–water partition coefficient (Wildman–Crippen LogP) is 2.68. The first-order valence-electron chi connectivity index (χ1n) is 10.8. The summed E-state index contributed by atoms with van der Waals surface area (Å²) in [7, 11) is 0. The fourth-order valence-corrected chi connectivity index (χ4v) is 5.05. The number of rotatable bonds is 4. The number of nitrogens with zero attached hydrogens (tertiary/aromatic N) is 2. The van der Waals surface area contributed by atoms with Gasteiger partial charge in [-0.25, -0.2) is 9.29 Å². The normalized spacial score (nSPS) is 23.8. The van der Waals surface area contributed by atoms with Gasteiger partial charge in [0.05, 0.1) is 23.6 Å². The zero-order valence-corrected chi connectivity index (χ0v) is 17.9. The molecule has 2 saturated heterocycles. The van der Waals surface area contributed by atoms with Crippen molar-refractivity contribution in [3.63, 3.8) is 0 Å². The number of nitrogens with two attached hydrogens (primary N) is 1. The lowest BCUT2D eigenvalue weighted by Gasteiger charge is -2.32. The summed E-state index contributed by atoms with van der Waals surface area (Å²) in [5, 5.41) is 0. The van der Waals surface area contributed by atoms with Crippen molar-refractivity contribution in [2.75, 3.05) is 4.90 Å². The number of imide groups is 1. The van der Waals surface area contributed by atoms with Crippen LogP contribution in [0.1, 0.15) is 22.0 Å². The maximum absolute atomic E-state index is 13.7. The molecule has 4 amide bonds. The van der Waals surface area contributed by atoms with Crippen LogP contribution in [-0.2, 0) is 14.4 Å². The van der Waals surface area contributed by atoms with Crippen molar-refractivity contribution in [3.8, 4) is 0 Å². The van der Waals surface area contributed by atoms with Gasteiger partial charge in [0, 0.05) is 5.56 Å². The molecule has 5 rings (SSSR count). The van der Waals surface area contributed by atoms with E-state index in [4.69, 9.17) is 5.73 Å². The van der Waals surface area contributed by atoms with Crippen molar-refractivity contribution in [1.82, 2.24) is 4.90 Å². The summed E-state index contributed by atoms with van der Waals surface area (Å²) in [5.74, 6) is -5.25. The van der Waals surface area contributed by atoms with Gasteiger partial charge in [0.1, 0.15) is 11.9 Å². The van der Waals surface area contributed by atoms with E-state index in [0.29, 0.717) is 11.3 Å². The van der Waals surface area contributed by atoms with E-state index in [0.717, 1.165) is 17.0 Å². The molecule has 8 heteroatoms. The molecule has 2 heterocycles. The number of carbonyl (C=O) groups is 4. The summed E-state index contributed by atoms with van der Waals surface area (Å²) < 4.78 is 13.5. The third-order valence-corrected chi connectivity index (χ3v) is 6.45. The van der Waals surface area contributed by atoms with Crippen LogP contribution in [0.15, 0.2) is 84.9 Å². The number of primary amides is 1. The van der Waals surface area contributed by atoms with Gasteiger partial charge in [0.25, 0.3) is 5.91 Å². The second kappa shape index (κ2) is 8.22. The number of hydrogen-bond acceptors (Lipinski definition) is 4. The number of halogens is 1. The van der Waals surface area contributed by atoms with E-state index in [-0.39, 0.29) is 5.56 Å². The molecule has 0 bridgehead atoms. The highest BCUT2D eigenvalue weighted by Gasteiger charge is 2.65. The molecule has 2 fully saturated rings. The van der Waals surface area contributed by atoms with Gasteiger partial charge in [-0.1, -0.05) is 48.5 Å². The quantitative estimate of drug-likeness (QED) is 0.609. The van der Waals surface area contributed by atoms with Crippen molar-refractivity contribution in [2.45, 2.75) is 12.1 Å². The summed E-state index contributed by atoms with van der Waals surface area (Å²) in [6.45, 7) is 0. The molecule has 0 aliphatic carbocycles. The van der Waals surface area contributed by atoms with Crippen LogP contribution >= 0.6 is 0 Å². The van der Waals surface area contributed by atoms with Gasteiger partial charge in [0.15, 0.2) is 0 Å². The first kappa shape index (κ1) is 21.5. The molecule has 4 unspecified atom stereocenters. The molecule has 3 aromatic rings. The number of carbonyl (C=O) groups excluding carboxylic acids is 4. The van der Waals surface area contributed by atoms with E-state index in [9.17, 15) is 23.6 Å². The predicted molar refractivity (Wildman–Crippen MR) is 121 cm³/mol. The zero-order chi connectivity index (χ0) is 24.0. The highest BCUT2D eigenvalue weighted by Crippen LogP contribution is 2.51. The molecule has 0 saturated carbocycles. The summed E-state index contributed by atoms with van der Waals surface area (Å²) in [6, 6.07) is 19.8. The molecule has 170 valence electrons. The average molecular weight is 457 g/mol. The molecule has 2 aliphatic heterocycles. The molecular weight excluding hydrogens is 437 g/mol. The van der Waals surface area contributed by atoms with Gasteiger partial charge >= 0.3 is 0 Å². The largest absolute Gasteiger partial charge is 0.368 e. The van der Waals surface area contributed by atoms with Crippen LogP contribution < -0.4 is 10.6 Å². The molecule has 2 N–H and O–H groups in total. The van der Waals surface area contributed by atoms with E-state index >= 15 is 0 Å². The number of amides is 4. The Morgan fingerprint density at radius 3 is 1.91 bits per heavy atom. The van der Waals surface area contributed by atoms with Crippen molar-refractivity contribution in [1.29, 1.82) is 0 Å². The van der Waals surface area contributed by atoms with Crippen molar-refractivity contribution in [3.05, 3.63) is 102 Å². The summed E-state index contributed by atoms with van der Waals surface area (Å²) >= 11 is 0. The highest BCUT2D eigenvalue weighted by molar-refractivity contribution is 6.24. The number of anilines is 1. The topological polar surface area (TPSA) is 101 Å². The number of para-hydroxylation sites is 1. The van der Waals surface area contributed by atoms with E-state index in [1.807, 2.05) is 0 Å². The van der Waals surface area contributed by atoms with Crippen LogP contribution in [0.2, 0.25) is 0 Å². The molecule has 0 radical (unpaired) electrons. The number of fused-ring (bicyclic) bond motifs is 1. The van der Waals surface area contributed by atoms with Crippen LogP contribution in [0.5, 0.6) is 0 Å². The maximum atomic E-state index is 13.7. The van der Waals surface area contributed by atoms with Gasteiger partial charge in [-0.15, -0.1) is 0 Å². The van der Waals surface area contributed by atoms with E-state index in [1.54, 1.807) is 60.7 Å². The van der Waals surface area contributed by atoms with Crippen molar-refractivity contribution >= 4 is 29.3 Å². The third-order valence-electron chi connectivity index (χ3n) is 6.45. The number of hydrogen-bond donors (Lipinski definition) is 1. The second-order valence-electron chi connectivity index (χ2n) is 8.32. The fraction of sp³-hybridized carbons (Fsp3) is 0.154. The summed E-state index contributed by atoms with van der Waals surface area (Å²) in [6.07, 6.45) is 0. The van der Waals surface area contributed by atoms with E-state index < -0.39 is 53.4 Å². The van der Waals surface area contributed by atoms with E-state index in [1.165, 1.54) is 17.0 Å². The zero-order valence-electron chi connectivity index (χ0n) is 17.9. The molecule has 2 aliphatic rings. The number of likely N-dealkylation sites (tertiary alicyclic amines) is 1. The Balaban J connectivity index is 1.66. The monoisotopic (exact) mass is 457 g/mol. The smallest absolute Gasteiger partial charge is 0.255 e. The Morgan fingerprint density at radius 1 is 0.765 bits per heavy atom. The Kier molecular flexibility index (Phi) is 5.20. The second-order valence-corrected chi connectivity index (χ2v) is 8.32.